The zero-order valence-corrected chi connectivity index (χ0v) is 18.3. The van der Waals surface area contributed by atoms with Crippen LogP contribution in [0.15, 0.2) is 53.4 Å². The lowest BCUT2D eigenvalue weighted by molar-refractivity contribution is 0.0953. The molecule has 7 nitrogen and oxygen atoms in total. The predicted molar refractivity (Wildman–Crippen MR) is 120 cm³/mol. The SMILES string of the molecule is O=C(NCCCc1nc2ccccc2[nH]1)c1cccc(S(=O)(=O)N2CCCCCC2)c1. The minimum absolute atomic E-state index is 0.185. The van der Waals surface area contributed by atoms with Crippen LogP contribution in [0.1, 0.15) is 48.3 Å². The Morgan fingerprint density at radius 2 is 1.81 bits per heavy atom. The second-order valence-corrected chi connectivity index (χ2v) is 9.84. The van der Waals surface area contributed by atoms with Crippen molar-refractivity contribution in [2.75, 3.05) is 19.6 Å². The van der Waals surface area contributed by atoms with E-state index >= 15 is 0 Å². The lowest BCUT2D eigenvalue weighted by Gasteiger charge is -2.20. The Bertz CT molecular complexity index is 1120. The number of hydrogen-bond acceptors (Lipinski definition) is 4. The number of sulfonamides is 1. The summed E-state index contributed by atoms with van der Waals surface area (Å²) < 4.78 is 27.5. The Hall–Kier alpha value is -2.71. The number of hydrogen-bond donors (Lipinski definition) is 2. The summed E-state index contributed by atoms with van der Waals surface area (Å²) in [6.45, 7) is 1.57. The number of H-pyrrole nitrogens is 1. The molecule has 0 unspecified atom stereocenters. The van der Waals surface area contributed by atoms with E-state index in [0.29, 0.717) is 25.2 Å². The van der Waals surface area contributed by atoms with Gasteiger partial charge in [0.05, 0.1) is 15.9 Å². The van der Waals surface area contributed by atoms with Crippen LogP contribution >= 0.6 is 0 Å². The highest BCUT2D eigenvalue weighted by atomic mass is 32.2. The average molecular weight is 441 g/mol. The summed E-state index contributed by atoms with van der Waals surface area (Å²) in [6.07, 6.45) is 5.33. The third-order valence-electron chi connectivity index (χ3n) is 5.61. The van der Waals surface area contributed by atoms with Crippen LogP contribution in [0.2, 0.25) is 0 Å². The number of imidazole rings is 1. The maximum Gasteiger partial charge on any atom is 0.251 e. The smallest absolute Gasteiger partial charge is 0.251 e. The molecule has 1 amide bonds. The molecule has 1 aliphatic rings. The van der Waals surface area contributed by atoms with Crippen LogP contribution in [-0.2, 0) is 16.4 Å². The highest BCUT2D eigenvalue weighted by Gasteiger charge is 2.25. The maximum absolute atomic E-state index is 13.0. The van der Waals surface area contributed by atoms with Crippen LogP contribution < -0.4 is 5.32 Å². The van der Waals surface area contributed by atoms with Gasteiger partial charge in [-0.05, 0) is 49.6 Å². The molecule has 3 aromatic rings. The second kappa shape index (κ2) is 9.62. The number of carbonyl (C=O) groups is 1. The first-order valence-electron chi connectivity index (χ1n) is 10.9. The molecule has 1 fully saturated rings. The van der Waals surface area contributed by atoms with E-state index in [0.717, 1.165) is 55.4 Å². The van der Waals surface area contributed by atoms with Gasteiger partial charge in [0.1, 0.15) is 5.82 Å². The molecule has 0 atom stereocenters. The number of carbonyl (C=O) groups excluding carboxylic acids is 1. The lowest BCUT2D eigenvalue weighted by atomic mass is 10.2. The summed E-state index contributed by atoms with van der Waals surface area (Å²) in [7, 11) is -3.57. The fourth-order valence-electron chi connectivity index (χ4n) is 3.91. The topological polar surface area (TPSA) is 95.2 Å². The molecule has 4 rings (SSSR count). The van der Waals surface area contributed by atoms with Crippen molar-refractivity contribution in [3.8, 4) is 0 Å². The summed E-state index contributed by atoms with van der Waals surface area (Å²) in [4.78, 5) is 20.6. The number of nitrogens with zero attached hydrogens (tertiary/aromatic N) is 2. The van der Waals surface area contributed by atoms with Crippen LogP contribution in [0.3, 0.4) is 0 Å². The van der Waals surface area contributed by atoms with Crippen molar-refractivity contribution in [2.45, 2.75) is 43.4 Å². The molecule has 2 heterocycles. The molecule has 0 aliphatic carbocycles. The number of amides is 1. The molecular formula is C23H28N4O3S. The highest BCUT2D eigenvalue weighted by Crippen LogP contribution is 2.21. The van der Waals surface area contributed by atoms with Crippen molar-refractivity contribution in [3.05, 3.63) is 59.9 Å². The van der Waals surface area contributed by atoms with Gasteiger partial charge in [0.2, 0.25) is 10.0 Å². The van der Waals surface area contributed by atoms with Crippen LogP contribution in [0.4, 0.5) is 0 Å². The van der Waals surface area contributed by atoms with E-state index in [2.05, 4.69) is 15.3 Å². The van der Waals surface area contributed by atoms with E-state index in [9.17, 15) is 13.2 Å². The molecule has 31 heavy (non-hydrogen) atoms. The summed E-state index contributed by atoms with van der Waals surface area (Å²) in [5.41, 5.74) is 2.30. The number of nitrogens with one attached hydrogen (secondary N) is 2. The quantitative estimate of drug-likeness (QED) is 0.550. The molecule has 0 spiro atoms. The van der Waals surface area contributed by atoms with Crippen LogP contribution in [0.25, 0.3) is 11.0 Å². The molecule has 1 aromatic heterocycles. The van der Waals surface area contributed by atoms with Gasteiger partial charge in [0.25, 0.3) is 5.91 Å². The molecule has 1 aliphatic heterocycles. The average Bonchev–Trinajstić information content (AvgIpc) is 2.99. The van der Waals surface area contributed by atoms with Gasteiger partial charge in [-0.15, -0.1) is 0 Å². The minimum Gasteiger partial charge on any atom is -0.352 e. The van der Waals surface area contributed by atoms with E-state index in [1.54, 1.807) is 22.5 Å². The fraction of sp³-hybridized carbons (Fsp3) is 0.391. The van der Waals surface area contributed by atoms with Crippen molar-refractivity contribution in [2.24, 2.45) is 0 Å². The van der Waals surface area contributed by atoms with Crippen molar-refractivity contribution >= 4 is 27.0 Å². The van der Waals surface area contributed by atoms with Gasteiger partial charge in [-0.2, -0.15) is 4.31 Å². The van der Waals surface area contributed by atoms with Gasteiger partial charge in [0.15, 0.2) is 0 Å². The Labute approximate surface area is 182 Å². The molecule has 8 heteroatoms. The maximum atomic E-state index is 13.0. The summed E-state index contributed by atoms with van der Waals surface area (Å²) in [5.74, 6) is 0.624. The van der Waals surface area contributed by atoms with Crippen molar-refractivity contribution in [1.82, 2.24) is 19.6 Å². The van der Waals surface area contributed by atoms with E-state index in [1.165, 1.54) is 6.07 Å². The Kier molecular flexibility index (Phi) is 6.67. The van der Waals surface area contributed by atoms with Gasteiger partial charge in [-0.25, -0.2) is 13.4 Å². The van der Waals surface area contributed by atoms with E-state index in [1.807, 2.05) is 24.3 Å². The molecule has 0 bridgehead atoms. The summed E-state index contributed by atoms with van der Waals surface area (Å²) in [6, 6.07) is 14.2. The van der Waals surface area contributed by atoms with Gasteiger partial charge >= 0.3 is 0 Å². The third kappa shape index (κ3) is 5.14. The normalized spacial score (nSPS) is 15.6. The zero-order chi connectivity index (χ0) is 21.7. The van der Waals surface area contributed by atoms with Crippen LogP contribution in [-0.4, -0.2) is 48.2 Å². The van der Waals surface area contributed by atoms with E-state index < -0.39 is 10.0 Å². The first-order chi connectivity index (χ1) is 15.0. The Morgan fingerprint density at radius 1 is 1.03 bits per heavy atom. The van der Waals surface area contributed by atoms with Crippen LogP contribution in [0.5, 0.6) is 0 Å². The summed E-state index contributed by atoms with van der Waals surface area (Å²) >= 11 is 0. The fourth-order valence-corrected chi connectivity index (χ4v) is 5.48. The number of aryl methyl sites for hydroxylation is 1. The second-order valence-electron chi connectivity index (χ2n) is 7.91. The molecular weight excluding hydrogens is 412 g/mol. The largest absolute Gasteiger partial charge is 0.352 e. The minimum atomic E-state index is -3.57. The van der Waals surface area contributed by atoms with Gasteiger partial charge in [-0.1, -0.05) is 31.0 Å². The third-order valence-corrected chi connectivity index (χ3v) is 7.51. The number of benzene rings is 2. The number of aromatic nitrogens is 2. The summed E-state index contributed by atoms with van der Waals surface area (Å²) in [5, 5.41) is 2.88. The first kappa shape index (κ1) is 21.5. The molecule has 1 saturated heterocycles. The standard InChI is InChI=1S/C23H28N4O3S/c28-23(24-14-8-13-22-25-20-11-3-4-12-21(20)26-22)18-9-7-10-19(17-18)31(29,30)27-15-5-1-2-6-16-27/h3-4,7,9-12,17H,1-2,5-6,8,13-16H2,(H,24,28)(H,25,26). The number of rotatable bonds is 7. The number of para-hydroxylation sites is 2. The number of fused-ring (bicyclic) bond motifs is 1. The van der Waals surface area contributed by atoms with Crippen molar-refractivity contribution in [3.63, 3.8) is 0 Å². The Balaban J connectivity index is 1.34. The Morgan fingerprint density at radius 3 is 2.58 bits per heavy atom. The van der Waals surface area contributed by atoms with Gasteiger partial charge in [-0.3, -0.25) is 4.79 Å². The van der Waals surface area contributed by atoms with E-state index in [4.69, 9.17) is 0 Å². The van der Waals surface area contributed by atoms with Gasteiger partial charge in [0, 0.05) is 31.6 Å². The molecule has 164 valence electrons. The van der Waals surface area contributed by atoms with Crippen molar-refractivity contribution < 1.29 is 13.2 Å². The molecule has 2 aromatic carbocycles. The number of aromatic amines is 1. The van der Waals surface area contributed by atoms with Crippen LogP contribution in [0, 0.1) is 0 Å². The zero-order valence-electron chi connectivity index (χ0n) is 17.5. The van der Waals surface area contributed by atoms with E-state index in [-0.39, 0.29) is 10.8 Å². The monoisotopic (exact) mass is 440 g/mol. The molecule has 0 saturated carbocycles. The molecule has 0 radical (unpaired) electrons. The molecule has 2 N–H and O–H groups in total. The highest BCUT2D eigenvalue weighted by molar-refractivity contribution is 7.89. The predicted octanol–water partition coefficient (Wildman–Crippen LogP) is 3.49. The lowest BCUT2D eigenvalue weighted by Crippen LogP contribution is -2.32. The first-order valence-corrected chi connectivity index (χ1v) is 12.3. The van der Waals surface area contributed by atoms with Gasteiger partial charge < -0.3 is 10.3 Å². The van der Waals surface area contributed by atoms with Crippen molar-refractivity contribution in [1.29, 1.82) is 0 Å².